The van der Waals surface area contributed by atoms with Crippen LogP contribution in [-0.2, 0) is 11.2 Å². The van der Waals surface area contributed by atoms with Crippen molar-refractivity contribution in [3.8, 4) is 0 Å². The molecule has 0 aliphatic carbocycles. The van der Waals surface area contributed by atoms with E-state index >= 15 is 0 Å². The summed E-state index contributed by atoms with van der Waals surface area (Å²) in [5.41, 5.74) is 2.87. The van der Waals surface area contributed by atoms with Crippen LogP contribution < -0.4 is 4.90 Å². The molecule has 2 heterocycles. The molecule has 0 saturated heterocycles. The first-order chi connectivity index (χ1) is 7.99. The topological polar surface area (TPSA) is 57.8 Å². The molecular weight excluding hydrogens is 218 g/mol. The molecule has 5 nitrogen and oxygen atoms in total. The highest BCUT2D eigenvalue weighted by atomic mass is 16.4. The molecule has 2 rings (SSSR count). The van der Waals surface area contributed by atoms with Crippen molar-refractivity contribution in [3.05, 3.63) is 29.8 Å². The van der Waals surface area contributed by atoms with Gasteiger partial charge in [0.25, 0.3) is 0 Å². The second kappa shape index (κ2) is 4.08. The van der Waals surface area contributed by atoms with Crippen LogP contribution in [0.2, 0.25) is 0 Å². The van der Waals surface area contributed by atoms with Crippen molar-refractivity contribution in [2.45, 2.75) is 13.3 Å². The summed E-state index contributed by atoms with van der Waals surface area (Å²) < 4.78 is 1.83. The van der Waals surface area contributed by atoms with Gasteiger partial charge in [0.2, 0.25) is 0 Å². The fraction of sp³-hybridized carbons (Fsp3) is 0.333. The number of rotatable bonds is 3. The van der Waals surface area contributed by atoms with Gasteiger partial charge >= 0.3 is 5.97 Å². The first-order valence-electron chi connectivity index (χ1n) is 5.35. The minimum absolute atomic E-state index is 0.0592. The monoisotopic (exact) mass is 233 g/mol. The Bertz CT molecular complexity index is 572. The lowest BCUT2D eigenvalue weighted by Gasteiger charge is -2.12. The number of carboxylic acids is 1. The summed E-state index contributed by atoms with van der Waals surface area (Å²) in [5, 5.41) is 8.82. The maximum Gasteiger partial charge on any atom is 0.311 e. The van der Waals surface area contributed by atoms with Gasteiger partial charge in [0.05, 0.1) is 11.2 Å². The Balaban J connectivity index is 2.57. The number of anilines is 1. The third-order valence-corrected chi connectivity index (χ3v) is 2.71. The van der Waals surface area contributed by atoms with Crippen LogP contribution in [-0.4, -0.2) is 34.6 Å². The van der Waals surface area contributed by atoms with Crippen LogP contribution >= 0.6 is 0 Å². The third kappa shape index (κ3) is 2.08. The summed E-state index contributed by atoms with van der Waals surface area (Å²) in [4.78, 5) is 17.0. The predicted molar refractivity (Wildman–Crippen MR) is 65.6 cm³/mol. The second-order valence-electron chi connectivity index (χ2n) is 4.22. The van der Waals surface area contributed by atoms with Crippen molar-refractivity contribution >= 4 is 17.2 Å². The first-order valence-corrected chi connectivity index (χ1v) is 5.35. The Morgan fingerprint density at radius 3 is 2.82 bits per heavy atom. The van der Waals surface area contributed by atoms with Gasteiger partial charge in [0, 0.05) is 26.0 Å². The molecule has 17 heavy (non-hydrogen) atoms. The van der Waals surface area contributed by atoms with Crippen molar-refractivity contribution in [1.29, 1.82) is 0 Å². The van der Waals surface area contributed by atoms with Gasteiger partial charge in [0.15, 0.2) is 0 Å². The third-order valence-electron chi connectivity index (χ3n) is 2.71. The zero-order chi connectivity index (χ0) is 12.6. The smallest absolute Gasteiger partial charge is 0.311 e. The zero-order valence-corrected chi connectivity index (χ0v) is 10.1. The number of nitrogens with zero attached hydrogens (tertiary/aromatic N) is 3. The van der Waals surface area contributed by atoms with Gasteiger partial charge < -0.3 is 14.4 Å². The Morgan fingerprint density at radius 1 is 1.53 bits per heavy atom. The summed E-state index contributed by atoms with van der Waals surface area (Å²) >= 11 is 0. The molecule has 2 aromatic rings. The fourth-order valence-electron chi connectivity index (χ4n) is 1.84. The van der Waals surface area contributed by atoms with Crippen LogP contribution in [0.25, 0.3) is 5.52 Å². The van der Waals surface area contributed by atoms with Crippen LogP contribution in [0.1, 0.15) is 11.5 Å². The SMILES string of the molecule is Cc1nc(CC(=O)O)n2ccc(N(C)C)cc12. The molecule has 1 N–H and O–H groups in total. The van der Waals surface area contributed by atoms with Gasteiger partial charge in [-0.25, -0.2) is 4.98 Å². The number of carbonyl (C=O) groups is 1. The van der Waals surface area contributed by atoms with E-state index in [-0.39, 0.29) is 6.42 Å². The molecule has 0 atom stereocenters. The first kappa shape index (κ1) is 11.4. The second-order valence-corrected chi connectivity index (χ2v) is 4.22. The van der Waals surface area contributed by atoms with E-state index in [2.05, 4.69) is 4.98 Å². The molecule has 0 aromatic carbocycles. The molecule has 0 saturated carbocycles. The van der Waals surface area contributed by atoms with E-state index in [1.807, 2.05) is 48.6 Å². The number of aryl methyl sites for hydroxylation is 1. The molecule has 0 fully saturated rings. The lowest BCUT2D eigenvalue weighted by Crippen LogP contribution is -2.09. The average Bonchev–Trinajstić information content (AvgIpc) is 2.54. The van der Waals surface area contributed by atoms with Crippen molar-refractivity contribution in [2.75, 3.05) is 19.0 Å². The molecule has 0 unspecified atom stereocenters. The molecular formula is C12H15N3O2. The van der Waals surface area contributed by atoms with Gasteiger partial charge in [-0.05, 0) is 19.1 Å². The van der Waals surface area contributed by atoms with E-state index in [4.69, 9.17) is 5.11 Å². The maximum atomic E-state index is 10.7. The van der Waals surface area contributed by atoms with Crippen molar-refractivity contribution in [3.63, 3.8) is 0 Å². The van der Waals surface area contributed by atoms with E-state index < -0.39 is 5.97 Å². The Labute approximate surface area is 99.3 Å². The highest BCUT2D eigenvalue weighted by Gasteiger charge is 2.11. The minimum Gasteiger partial charge on any atom is -0.481 e. The van der Waals surface area contributed by atoms with Gasteiger partial charge in [0.1, 0.15) is 12.2 Å². The normalized spacial score (nSPS) is 10.8. The number of aromatic nitrogens is 2. The molecule has 0 aliphatic rings. The van der Waals surface area contributed by atoms with Gasteiger partial charge in [-0.2, -0.15) is 0 Å². The van der Waals surface area contributed by atoms with Gasteiger partial charge in [-0.3, -0.25) is 4.79 Å². The van der Waals surface area contributed by atoms with Gasteiger partial charge in [-0.1, -0.05) is 0 Å². The zero-order valence-electron chi connectivity index (χ0n) is 10.1. The van der Waals surface area contributed by atoms with Crippen LogP contribution in [0.15, 0.2) is 18.3 Å². The minimum atomic E-state index is -0.867. The number of imidazole rings is 1. The Hall–Kier alpha value is -2.04. The molecule has 0 aliphatic heterocycles. The van der Waals surface area contributed by atoms with Crippen LogP contribution in [0, 0.1) is 6.92 Å². The molecule has 0 spiro atoms. The molecule has 90 valence electrons. The van der Waals surface area contributed by atoms with E-state index in [0.717, 1.165) is 16.9 Å². The van der Waals surface area contributed by atoms with Crippen LogP contribution in [0.5, 0.6) is 0 Å². The number of fused-ring (bicyclic) bond motifs is 1. The summed E-state index contributed by atoms with van der Waals surface area (Å²) in [6, 6.07) is 3.95. The van der Waals surface area contributed by atoms with E-state index in [1.54, 1.807) is 0 Å². The summed E-state index contributed by atoms with van der Waals surface area (Å²) in [7, 11) is 3.94. The highest BCUT2D eigenvalue weighted by Crippen LogP contribution is 2.19. The standard InChI is InChI=1S/C12H15N3O2/c1-8-10-6-9(14(2)3)4-5-15(10)11(13-8)7-12(16)17/h4-6H,7H2,1-3H3,(H,16,17). The molecule has 5 heteroatoms. The van der Waals surface area contributed by atoms with E-state index in [9.17, 15) is 4.79 Å². The summed E-state index contributed by atoms with van der Waals surface area (Å²) in [6.07, 6.45) is 1.80. The lowest BCUT2D eigenvalue weighted by atomic mass is 10.3. The van der Waals surface area contributed by atoms with E-state index in [0.29, 0.717) is 5.82 Å². The molecule has 2 aromatic heterocycles. The van der Waals surface area contributed by atoms with Crippen LogP contribution in [0.3, 0.4) is 0 Å². The van der Waals surface area contributed by atoms with Crippen molar-refractivity contribution < 1.29 is 9.90 Å². The van der Waals surface area contributed by atoms with Crippen molar-refractivity contribution in [2.24, 2.45) is 0 Å². The van der Waals surface area contributed by atoms with Crippen molar-refractivity contribution in [1.82, 2.24) is 9.38 Å². The number of hydrogen-bond acceptors (Lipinski definition) is 3. The Morgan fingerprint density at radius 2 is 2.24 bits per heavy atom. The molecule has 0 amide bonds. The molecule has 0 bridgehead atoms. The lowest BCUT2D eigenvalue weighted by molar-refractivity contribution is -0.136. The largest absolute Gasteiger partial charge is 0.481 e. The fourth-order valence-corrected chi connectivity index (χ4v) is 1.84. The maximum absolute atomic E-state index is 10.7. The Kier molecular flexibility index (Phi) is 2.75. The average molecular weight is 233 g/mol. The number of aliphatic carboxylic acids is 1. The quantitative estimate of drug-likeness (QED) is 0.869. The highest BCUT2D eigenvalue weighted by molar-refractivity contribution is 5.70. The van der Waals surface area contributed by atoms with E-state index in [1.165, 1.54) is 0 Å². The summed E-state index contributed by atoms with van der Waals surface area (Å²) in [5.74, 6) is -0.302. The van der Waals surface area contributed by atoms with Gasteiger partial charge in [-0.15, -0.1) is 0 Å². The molecule has 0 radical (unpaired) electrons. The number of pyridine rings is 1. The predicted octanol–water partition coefficient (Wildman–Crippen LogP) is 1.34. The summed E-state index contributed by atoms with van der Waals surface area (Å²) in [6.45, 7) is 1.89. The number of hydrogen-bond donors (Lipinski definition) is 1. The number of carboxylic acid groups (broad SMARTS) is 1. The van der Waals surface area contributed by atoms with Crippen LogP contribution in [0.4, 0.5) is 5.69 Å².